The standard InChI is InChI=1S/C22H47N/c1-5-7-19-23(20-8-6-2)21-17-15-13-11-9-10-12-14-16-18-22(3)4/h22H,5-21H2,1-4H3. The fourth-order valence-electron chi connectivity index (χ4n) is 3.22. The van der Waals surface area contributed by atoms with Gasteiger partial charge in [-0.2, -0.15) is 0 Å². The van der Waals surface area contributed by atoms with Crippen LogP contribution in [-0.4, -0.2) is 24.5 Å². The topological polar surface area (TPSA) is 3.24 Å². The van der Waals surface area contributed by atoms with E-state index in [0.29, 0.717) is 0 Å². The molecule has 0 heterocycles. The molecule has 0 aromatic heterocycles. The number of hydrogen-bond acceptors (Lipinski definition) is 1. The minimum Gasteiger partial charge on any atom is -0.303 e. The van der Waals surface area contributed by atoms with Gasteiger partial charge in [0.25, 0.3) is 0 Å². The number of rotatable bonds is 18. The van der Waals surface area contributed by atoms with Crippen molar-refractivity contribution < 1.29 is 0 Å². The molecule has 0 aliphatic carbocycles. The molecule has 0 N–H and O–H groups in total. The molecular formula is C22H47N. The van der Waals surface area contributed by atoms with Crippen molar-refractivity contribution in [3.05, 3.63) is 0 Å². The molecule has 0 aromatic carbocycles. The molecule has 0 bridgehead atoms. The van der Waals surface area contributed by atoms with Crippen LogP contribution in [0.1, 0.15) is 118 Å². The van der Waals surface area contributed by atoms with Crippen molar-refractivity contribution in [3.63, 3.8) is 0 Å². The number of nitrogens with zero attached hydrogens (tertiary/aromatic N) is 1. The Bertz CT molecular complexity index is 204. The third kappa shape index (κ3) is 18.1. The van der Waals surface area contributed by atoms with Crippen molar-refractivity contribution in [2.45, 2.75) is 118 Å². The predicted molar refractivity (Wildman–Crippen MR) is 107 cm³/mol. The summed E-state index contributed by atoms with van der Waals surface area (Å²) in [6, 6.07) is 0. The molecule has 1 heteroatoms. The average molecular weight is 326 g/mol. The molecule has 0 aliphatic rings. The monoisotopic (exact) mass is 325 g/mol. The first-order valence-corrected chi connectivity index (χ1v) is 10.9. The van der Waals surface area contributed by atoms with Gasteiger partial charge in [-0.25, -0.2) is 0 Å². The largest absolute Gasteiger partial charge is 0.303 e. The summed E-state index contributed by atoms with van der Waals surface area (Å²) in [6.07, 6.45) is 19.9. The SMILES string of the molecule is CCCCN(CCCC)CCCCCCCCCCCC(C)C. The van der Waals surface area contributed by atoms with Crippen LogP contribution >= 0.6 is 0 Å². The lowest BCUT2D eigenvalue weighted by atomic mass is 10.0. The van der Waals surface area contributed by atoms with Crippen LogP contribution in [0.2, 0.25) is 0 Å². The second-order valence-electron chi connectivity index (χ2n) is 7.91. The molecule has 140 valence electrons. The van der Waals surface area contributed by atoms with E-state index in [2.05, 4.69) is 32.6 Å². The van der Waals surface area contributed by atoms with Crippen LogP contribution in [0.5, 0.6) is 0 Å². The Hall–Kier alpha value is -0.0400. The highest BCUT2D eigenvalue weighted by atomic mass is 15.1. The minimum absolute atomic E-state index is 0.893. The summed E-state index contributed by atoms with van der Waals surface area (Å²) in [7, 11) is 0. The molecule has 0 unspecified atom stereocenters. The van der Waals surface area contributed by atoms with E-state index in [9.17, 15) is 0 Å². The Labute approximate surface area is 148 Å². The van der Waals surface area contributed by atoms with Gasteiger partial charge < -0.3 is 4.90 Å². The van der Waals surface area contributed by atoms with Crippen molar-refractivity contribution in [3.8, 4) is 0 Å². The van der Waals surface area contributed by atoms with Crippen LogP contribution in [0.15, 0.2) is 0 Å². The highest BCUT2D eigenvalue weighted by Gasteiger charge is 2.03. The Kier molecular flexibility index (Phi) is 18.3. The summed E-state index contributed by atoms with van der Waals surface area (Å²) in [4.78, 5) is 2.71. The quantitative estimate of drug-likeness (QED) is 0.237. The van der Waals surface area contributed by atoms with Crippen LogP contribution in [0.3, 0.4) is 0 Å². The van der Waals surface area contributed by atoms with Crippen LogP contribution in [0, 0.1) is 5.92 Å². The van der Waals surface area contributed by atoms with Gasteiger partial charge in [-0.15, -0.1) is 0 Å². The molecule has 0 radical (unpaired) electrons. The Morgan fingerprint density at radius 3 is 1.35 bits per heavy atom. The normalized spacial score (nSPS) is 11.7. The third-order valence-corrected chi connectivity index (χ3v) is 4.91. The van der Waals surface area contributed by atoms with Gasteiger partial charge >= 0.3 is 0 Å². The molecule has 0 amide bonds. The molecule has 0 aromatic rings. The zero-order valence-electron chi connectivity index (χ0n) is 17.0. The molecular weight excluding hydrogens is 278 g/mol. The maximum absolute atomic E-state index is 2.71. The molecule has 0 aliphatic heterocycles. The van der Waals surface area contributed by atoms with Crippen molar-refractivity contribution in [2.75, 3.05) is 19.6 Å². The van der Waals surface area contributed by atoms with E-state index in [4.69, 9.17) is 0 Å². The lowest BCUT2D eigenvalue weighted by Gasteiger charge is -2.21. The second-order valence-corrected chi connectivity index (χ2v) is 7.91. The maximum Gasteiger partial charge on any atom is -0.00187 e. The lowest BCUT2D eigenvalue weighted by molar-refractivity contribution is 0.259. The zero-order chi connectivity index (χ0) is 17.2. The van der Waals surface area contributed by atoms with Crippen LogP contribution in [0.4, 0.5) is 0 Å². The summed E-state index contributed by atoms with van der Waals surface area (Å²) in [5, 5.41) is 0. The summed E-state index contributed by atoms with van der Waals surface area (Å²) < 4.78 is 0. The summed E-state index contributed by atoms with van der Waals surface area (Å²) in [5.41, 5.74) is 0. The first-order valence-electron chi connectivity index (χ1n) is 10.9. The molecule has 0 spiro atoms. The van der Waals surface area contributed by atoms with E-state index in [1.54, 1.807) is 0 Å². The van der Waals surface area contributed by atoms with Crippen LogP contribution in [-0.2, 0) is 0 Å². The second kappa shape index (κ2) is 18.3. The average Bonchev–Trinajstić information content (AvgIpc) is 2.54. The molecule has 0 saturated heterocycles. The van der Waals surface area contributed by atoms with E-state index in [0.717, 1.165) is 5.92 Å². The summed E-state index contributed by atoms with van der Waals surface area (Å²) in [5.74, 6) is 0.893. The number of unbranched alkanes of at least 4 members (excludes halogenated alkanes) is 10. The molecule has 0 fully saturated rings. The highest BCUT2D eigenvalue weighted by molar-refractivity contribution is 4.58. The molecule has 0 rings (SSSR count). The number of hydrogen-bond donors (Lipinski definition) is 0. The van der Waals surface area contributed by atoms with Gasteiger partial charge in [-0.1, -0.05) is 98.3 Å². The molecule has 0 saturated carbocycles. The van der Waals surface area contributed by atoms with E-state index in [1.807, 2.05) is 0 Å². The van der Waals surface area contributed by atoms with Crippen molar-refractivity contribution >= 4 is 0 Å². The van der Waals surface area contributed by atoms with Gasteiger partial charge in [-0.05, 0) is 44.8 Å². The van der Waals surface area contributed by atoms with Gasteiger partial charge in [0.1, 0.15) is 0 Å². The van der Waals surface area contributed by atoms with Gasteiger partial charge in [-0.3, -0.25) is 0 Å². The van der Waals surface area contributed by atoms with Gasteiger partial charge in [0.05, 0.1) is 0 Å². The molecule has 23 heavy (non-hydrogen) atoms. The van der Waals surface area contributed by atoms with E-state index in [1.165, 1.54) is 110 Å². The smallest absolute Gasteiger partial charge is 0.00187 e. The first kappa shape index (κ1) is 23.0. The van der Waals surface area contributed by atoms with Crippen molar-refractivity contribution in [2.24, 2.45) is 5.92 Å². The van der Waals surface area contributed by atoms with Crippen molar-refractivity contribution in [1.82, 2.24) is 4.90 Å². The van der Waals surface area contributed by atoms with Gasteiger partial charge in [0.15, 0.2) is 0 Å². The van der Waals surface area contributed by atoms with E-state index < -0.39 is 0 Å². The maximum atomic E-state index is 2.71. The summed E-state index contributed by atoms with van der Waals surface area (Å²) >= 11 is 0. The summed E-state index contributed by atoms with van der Waals surface area (Å²) in [6.45, 7) is 13.3. The lowest BCUT2D eigenvalue weighted by Crippen LogP contribution is -2.27. The predicted octanol–water partition coefficient (Wildman–Crippen LogP) is 7.45. The fourth-order valence-corrected chi connectivity index (χ4v) is 3.22. The fraction of sp³-hybridized carbons (Fsp3) is 1.00. The minimum atomic E-state index is 0.893. The Balaban J connectivity index is 3.34. The Morgan fingerprint density at radius 1 is 0.522 bits per heavy atom. The Morgan fingerprint density at radius 2 is 0.913 bits per heavy atom. The zero-order valence-corrected chi connectivity index (χ0v) is 17.0. The van der Waals surface area contributed by atoms with Crippen LogP contribution < -0.4 is 0 Å². The first-order chi connectivity index (χ1) is 11.2. The molecule has 0 atom stereocenters. The van der Waals surface area contributed by atoms with Crippen molar-refractivity contribution in [1.29, 1.82) is 0 Å². The van der Waals surface area contributed by atoms with Crippen LogP contribution in [0.25, 0.3) is 0 Å². The van der Waals surface area contributed by atoms with Gasteiger partial charge in [0, 0.05) is 0 Å². The highest BCUT2D eigenvalue weighted by Crippen LogP contribution is 2.13. The van der Waals surface area contributed by atoms with E-state index >= 15 is 0 Å². The van der Waals surface area contributed by atoms with Gasteiger partial charge in [0.2, 0.25) is 0 Å². The third-order valence-electron chi connectivity index (χ3n) is 4.91. The van der Waals surface area contributed by atoms with E-state index in [-0.39, 0.29) is 0 Å². The molecule has 1 nitrogen and oxygen atoms in total.